The molecule has 0 aliphatic carbocycles. The van der Waals surface area contributed by atoms with Gasteiger partial charge in [0.05, 0.1) is 11.2 Å². The standard InChI is InChI=1S/C6H10N2S/c1-4(7)6-5(2)8-3-9-6/h3-4H,7H2,1-2H3/t4-/m0/s1. The second-order valence-electron chi connectivity index (χ2n) is 2.09. The molecule has 0 bridgehead atoms. The summed E-state index contributed by atoms with van der Waals surface area (Å²) >= 11 is 1.62. The molecule has 1 rings (SSSR count). The molecule has 0 aliphatic rings. The first-order valence-corrected chi connectivity index (χ1v) is 3.75. The zero-order valence-electron chi connectivity index (χ0n) is 5.59. The first-order valence-electron chi connectivity index (χ1n) is 2.87. The molecule has 50 valence electrons. The summed E-state index contributed by atoms with van der Waals surface area (Å²) in [5.74, 6) is 0. The maximum Gasteiger partial charge on any atom is 0.0798 e. The molecule has 0 saturated heterocycles. The first-order chi connectivity index (χ1) is 4.22. The summed E-state index contributed by atoms with van der Waals surface area (Å²) in [7, 11) is 0. The molecule has 0 saturated carbocycles. The number of aromatic nitrogens is 1. The summed E-state index contributed by atoms with van der Waals surface area (Å²) in [6.45, 7) is 3.95. The minimum Gasteiger partial charge on any atom is -0.323 e. The lowest BCUT2D eigenvalue weighted by Crippen LogP contribution is -2.03. The van der Waals surface area contributed by atoms with Crippen LogP contribution in [0.15, 0.2) is 5.51 Å². The zero-order chi connectivity index (χ0) is 6.85. The molecular weight excluding hydrogens is 132 g/mol. The third-order valence-electron chi connectivity index (χ3n) is 1.20. The van der Waals surface area contributed by atoms with Crippen molar-refractivity contribution < 1.29 is 0 Å². The van der Waals surface area contributed by atoms with E-state index in [1.54, 1.807) is 11.3 Å². The lowest BCUT2D eigenvalue weighted by Gasteiger charge is -1.99. The molecule has 0 amide bonds. The smallest absolute Gasteiger partial charge is 0.0798 e. The van der Waals surface area contributed by atoms with Gasteiger partial charge in [0.15, 0.2) is 0 Å². The minimum absolute atomic E-state index is 0.137. The predicted octanol–water partition coefficient (Wildman–Crippen LogP) is 1.47. The summed E-state index contributed by atoms with van der Waals surface area (Å²) in [5.41, 5.74) is 8.52. The molecule has 0 fully saturated rings. The van der Waals surface area contributed by atoms with Gasteiger partial charge in [0.1, 0.15) is 0 Å². The van der Waals surface area contributed by atoms with E-state index in [2.05, 4.69) is 4.98 Å². The van der Waals surface area contributed by atoms with E-state index >= 15 is 0 Å². The van der Waals surface area contributed by atoms with Crippen LogP contribution in [0.5, 0.6) is 0 Å². The summed E-state index contributed by atoms with van der Waals surface area (Å²) in [5, 5.41) is 0. The van der Waals surface area contributed by atoms with Gasteiger partial charge in [0, 0.05) is 10.9 Å². The quantitative estimate of drug-likeness (QED) is 0.645. The van der Waals surface area contributed by atoms with Crippen LogP contribution in [0.1, 0.15) is 23.5 Å². The Morgan fingerprint density at radius 2 is 2.44 bits per heavy atom. The van der Waals surface area contributed by atoms with Gasteiger partial charge in [0.25, 0.3) is 0 Å². The van der Waals surface area contributed by atoms with Crippen molar-refractivity contribution in [2.75, 3.05) is 0 Å². The van der Waals surface area contributed by atoms with Gasteiger partial charge in [0.2, 0.25) is 0 Å². The molecule has 0 aromatic carbocycles. The molecule has 2 nitrogen and oxygen atoms in total. The normalized spacial score (nSPS) is 13.7. The van der Waals surface area contributed by atoms with E-state index in [1.807, 2.05) is 19.4 Å². The SMILES string of the molecule is Cc1ncsc1[C@H](C)N. The van der Waals surface area contributed by atoms with Gasteiger partial charge < -0.3 is 5.73 Å². The van der Waals surface area contributed by atoms with Crippen molar-refractivity contribution in [2.45, 2.75) is 19.9 Å². The van der Waals surface area contributed by atoms with E-state index in [9.17, 15) is 0 Å². The van der Waals surface area contributed by atoms with Crippen molar-refractivity contribution in [3.63, 3.8) is 0 Å². The fraction of sp³-hybridized carbons (Fsp3) is 0.500. The number of nitrogens with zero attached hydrogens (tertiary/aromatic N) is 1. The van der Waals surface area contributed by atoms with Crippen LogP contribution in [-0.4, -0.2) is 4.98 Å². The van der Waals surface area contributed by atoms with Gasteiger partial charge in [-0.1, -0.05) is 0 Å². The highest BCUT2D eigenvalue weighted by molar-refractivity contribution is 7.09. The van der Waals surface area contributed by atoms with E-state index in [0.717, 1.165) is 5.69 Å². The topological polar surface area (TPSA) is 38.9 Å². The van der Waals surface area contributed by atoms with Gasteiger partial charge in [-0.3, -0.25) is 0 Å². The van der Waals surface area contributed by atoms with Crippen LogP contribution >= 0.6 is 11.3 Å². The van der Waals surface area contributed by atoms with E-state index in [4.69, 9.17) is 5.73 Å². The van der Waals surface area contributed by atoms with Gasteiger partial charge in [-0.15, -0.1) is 11.3 Å². The number of hydrogen-bond acceptors (Lipinski definition) is 3. The van der Waals surface area contributed by atoms with Crippen molar-refractivity contribution in [3.8, 4) is 0 Å². The number of aryl methyl sites for hydroxylation is 1. The van der Waals surface area contributed by atoms with Crippen molar-refractivity contribution in [1.82, 2.24) is 4.98 Å². The fourth-order valence-electron chi connectivity index (χ4n) is 0.748. The Bertz CT molecular complexity index is 193. The van der Waals surface area contributed by atoms with Crippen molar-refractivity contribution in [2.24, 2.45) is 5.73 Å². The number of thiazole rings is 1. The second kappa shape index (κ2) is 2.45. The van der Waals surface area contributed by atoms with Gasteiger partial charge in [-0.2, -0.15) is 0 Å². The molecule has 1 atom stereocenters. The lowest BCUT2D eigenvalue weighted by molar-refractivity contribution is 0.825. The third-order valence-corrected chi connectivity index (χ3v) is 2.33. The van der Waals surface area contributed by atoms with Crippen LogP contribution < -0.4 is 5.73 Å². The highest BCUT2D eigenvalue weighted by Crippen LogP contribution is 2.18. The van der Waals surface area contributed by atoms with Crippen LogP contribution in [-0.2, 0) is 0 Å². The Kier molecular flexibility index (Phi) is 1.83. The maximum absolute atomic E-state index is 5.63. The van der Waals surface area contributed by atoms with Crippen molar-refractivity contribution in [1.29, 1.82) is 0 Å². The molecule has 0 aliphatic heterocycles. The van der Waals surface area contributed by atoms with Crippen LogP contribution in [0, 0.1) is 6.92 Å². The van der Waals surface area contributed by atoms with Crippen LogP contribution in [0.25, 0.3) is 0 Å². The molecule has 0 radical (unpaired) electrons. The van der Waals surface area contributed by atoms with Crippen LogP contribution in [0.3, 0.4) is 0 Å². The fourth-order valence-corrected chi connectivity index (χ4v) is 1.51. The average molecular weight is 142 g/mol. The van der Waals surface area contributed by atoms with Crippen LogP contribution in [0.4, 0.5) is 0 Å². The highest BCUT2D eigenvalue weighted by atomic mass is 32.1. The van der Waals surface area contributed by atoms with Gasteiger partial charge in [-0.25, -0.2) is 4.98 Å². The van der Waals surface area contributed by atoms with Gasteiger partial charge in [-0.05, 0) is 13.8 Å². The Hall–Kier alpha value is -0.410. The van der Waals surface area contributed by atoms with Crippen molar-refractivity contribution in [3.05, 3.63) is 16.1 Å². The van der Waals surface area contributed by atoms with E-state index in [-0.39, 0.29) is 6.04 Å². The molecule has 2 N–H and O–H groups in total. The Balaban J connectivity index is 2.94. The highest BCUT2D eigenvalue weighted by Gasteiger charge is 2.04. The predicted molar refractivity (Wildman–Crippen MR) is 39.5 cm³/mol. The Morgan fingerprint density at radius 1 is 1.78 bits per heavy atom. The maximum atomic E-state index is 5.63. The summed E-state index contributed by atoms with van der Waals surface area (Å²) in [6, 6.07) is 0.137. The summed E-state index contributed by atoms with van der Waals surface area (Å²) in [4.78, 5) is 5.27. The number of hydrogen-bond donors (Lipinski definition) is 1. The number of nitrogens with two attached hydrogens (primary N) is 1. The lowest BCUT2D eigenvalue weighted by atomic mass is 10.2. The van der Waals surface area contributed by atoms with E-state index in [0.29, 0.717) is 0 Å². The van der Waals surface area contributed by atoms with Crippen LogP contribution in [0.2, 0.25) is 0 Å². The summed E-state index contributed by atoms with van der Waals surface area (Å²) in [6.07, 6.45) is 0. The molecule has 0 unspecified atom stereocenters. The number of rotatable bonds is 1. The minimum atomic E-state index is 0.137. The average Bonchev–Trinajstić information content (AvgIpc) is 2.13. The zero-order valence-corrected chi connectivity index (χ0v) is 6.40. The molecule has 1 heterocycles. The first kappa shape index (κ1) is 6.71. The largest absolute Gasteiger partial charge is 0.323 e. The Labute approximate surface area is 58.7 Å². The molecule has 3 heteroatoms. The Morgan fingerprint density at radius 3 is 2.67 bits per heavy atom. The van der Waals surface area contributed by atoms with Gasteiger partial charge >= 0.3 is 0 Å². The van der Waals surface area contributed by atoms with E-state index in [1.165, 1.54) is 4.88 Å². The monoisotopic (exact) mass is 142 g/mol. The molecule has 9 heavy (non-hydrogen) atoms. The summed E-state index contributed by atoms with van der Waals surface area (Å²) < 4.78 is 0. The van der Waals surface area contributed by atoms with Crippen molar-refractivity contribution >= 4 is 11.3 Å². The van der Waals surface area contributed by atoms with E-state index < -0.39 is 0 Å². The molecule has 1 aromatic heterocycles. The molecule has 1 aromatic rings. The third kappa shape index (κ3) is 1.28. The second-order valence-corrected chi connectivity index (χ2v) is 2.98. The molecule has 0 spiro atoms. The molecular formula is C6H10N2S.